The summed E-state index contributed by atoms with van der Waals surface area (Å²) in [5.74, 6) is 0.0743. The first-order valence-corrected chi connectivity index (χ1v) is 12.9. The fourth-order valence-corrected chi connectivity index (χ4v) is 5.11. The molecule has 0 bridgehead atoms. The van der Waals surface area contributed by atoms with Crippen molar-refractivity contribution in [3.05, 3.63) is 47.8 Å². The summed E-state index contributed by atoms with van der Waals surface area (Å²) in [7, 11) is -0.917. The van der Waals surface area contributed by atoms with Crippen LogP contribution in [-0.2, 0) is 20.8 Å². The van der Waals surface area contributed by atoms with Gasteiger partial charge >= 0.3 is 13.2 Å². The van der Waals surface area contributed by atoms with Crippen LogP contribution < -0.4 is 25.3 Å². The minimum absolute atomic E-state index is 0.145. The van der Waals surface area contributed by atoms with Gasteiger partial charge in [0.1, 0.15) is 17.7 Å². The Morgan fingerprint density at radius 1 is 1.24 bits per heavy atom. The third kappa shape index (κ3) is 5.57. The Morgan fingerprint density at radius 3 is 2.74 bits per heavy atom. The van der Waals surface area contributed by atoms with Crippen LogP contribution >= 0.6 is 0 Å². The number of cyclic esters (lactones) is 1. The topological polar surface area (TPSA) is 104 Å². The van der Waals surface area contributed by atoms with E-state index < -0.39 is 25.1 Å². The van der Waals surface area contributed by atoms with Gasteiger partial charge in [-0.1, -0.05) is 13.0 Å². The molecule has 202 valence electrons. The molecule has 3 aliphatic rings. The second-order valence-electron chi connectivity index (χ2n) is 9.72. The van der Waals surface area contributed by atoms with Crippen molar-refractivity contribution in [3.8, 4) is 5.75 Å². The second kappa shape index (κ2) is 11.2. The number of fused-ring (bicyclic) bond motifs is 1. The number of anilines is 2. The van der Waals surface area contributed by atoms with E-state index in [9.17, 15) is 14.6 Å². The van der Waals surface area contributed by atoms with Gasteiger partial charge in [0.25, 0.3) is 0 Å². The van der Waals surface area contributed by atoms with E-state index in [0.717, 1.165) is 17.4 Å². The average molecular weight is 526 g/mol. The van der Waals surface area contributed by atoms with Crippen LogP contribution in [0.15, 0.2) is 36.4 Å². The van der Waals surface area contributed by atoms with E-state index in [1.54, 1.807) is 12.1 Å². The molecule has 3 aliphatic heterocycles. The molecule has 38 heavy (non-hydrogen) atoms. The number of piperazine rings is 1. The fourth-order valence-electron chi connectivity index (χ4n) is 5.11. The first-order valence-electron chi connectivity index (χ1n) is 12.9. The predicted molar refractivity (Wildman–Crippen MR) is 140 cm³/mol. The lowest BCUT2D eigenvalue weighted by Gasteiger charge is -2.40. The van der Waals surface area contributed by atoms with Crippen molar-refractivity contribution in [2.45, 2.75) is 39.2 Å². The number of carbonyl (C=O) groups excluding carboxylic acids is 2. The number of nitrogens with one attached hydrogen (secondary N) is 1. The molecule has 0 saturated carbocycles. The van der Waals surface area contributed by atoms with E-state index in [0.29, 0.717) is 49.9 Å². The lowest BCUT2D eigenvalue weighted by molar-refractivity contribution is -0.119. The Hall–Kier alpha value is -3.35. The first-order chi connectivity index (χ1) is 18.3. The SMILES string of the molecule is CCC(Oc1ccc2c(c1)B(O)OC2)N1CCN(c2ccc(N3C[C@H](CNC(C)=O)OC3=O)cc2F)CC1. The summed E-state index contributed by atoms with van der Waals surface area (Å²) in [5.41, 5.74) is 2.61. The molecule has 0 aliphatic carbocycles. The van der Waals surface area contributed by atoms with Crippen LogP contribution in [-0.4, -0.2) is 80.6 Å². The molecule has 0 aromatic heterocycles. The monoisotopic (exact) mass is 526 g/mol. The Kier molecular flexibility index (Phi) is 7.73. The predicted octanol–water partition coefficient (Wildman–Crippen LogP) is 1.44. The summed E-state index contributed by atoms with van der Waals surface area (Å²) in [5, 5.41) is 12.6. The van der Waals surface area contributed by atoms with Crippen LogP contribution in [0.5, 0.6) is 5.75 Å². The second-order valence-corrected chi connectivity index (χ2v) is 9.72. The maximum Gasteiger partial charge on any atom is 0.491 e. The Balaban J connectivity index is 1.18. The maximum absolute atomic E-state index is 15.2. The van der Waals surface area contributed by atoms with Gasteiger partial charge in [-0.2, -0.15) is 0 Å². The quantitative estimate of drug-likeness (QED) is 0.499. The molecule has 2 N–H and O–H groups in total. The van der Waals surface area contributed by atoms with Gasteiger partial charge in [0.05, 0.1) is 31.1 Å². The highest BCUT2D eigenvalue weighted by Crippen LogP contribution is 2.29. The van der Waals surface area contributed by atoms with Crippen molar-refractivity contribution in [3.63, 3.8) is 0 Å². The van der Waals surface area contributed by atoms with Crippen LogP contribution in [0.3, 0.4) is 0 Å². The van der Waals surface area contributed by atoms with Gasteiger partial charge in [0.15, 0.2) is 6.23 Å². The number of hydrogen-bond donors (Lipinski definition) is 2. The molecule has 10 nitrogen and oxygen atoms in total. The molecule has 2 aromatic carbocycles. The van der Waals surface area contributed by atoms with Crippen LogP contribution in [0.4, 0.5) is 20.6 Å². The van der Waals surface area contributed by atoms with Crippen molar-refractivity contribution in [2.75, 3.05) is 49.1 Å². The molecule has 12 heteroatoms. The van der Waals surface area contributed by atoms with E-state index in [4.69, 9.17) is 14.1 Å². The Labute approximate surface area is 221 Å². The number of benzene rings is 2. The highest BCUT2D eigenvalue weighted by atomic mass is 19.1. The zero-order valence-corrected chi connectivity index (χ0v) is 21.6. The third-order valence-electron chi connectivity index (χ3n) is 7.16. The third-order valence-corrected chi connectivity index (χ3v) is 7.16. The van der Waals surface area contributed by atoms with E-state index in [2.05, 4.69) is 17.1 Å². The van der Waals surface area contributed by atoms with Gasteiger partial charge in [0, 0.05) is 33.1 Å². The molecule has 2 saturated heterocycles. The van der Waals surface area contributed by atoms with Gasteiger partial charge in [0.2, 0.25) is 5.91 Å². The molecular formula is C26H32BFN4O6. The molecule has 5 rings (SSSR count). The van der Waals surface area contributed by atoms with E-state index in [1.807, 2.05) is 23.1 Å². The van der Waals surface area contributed by atoms with Crippen molar-refractivity contribution < 1.29 is 33.1 Å². The standard InChI is InChI=1S/C26H32BFN4O6/c1-3-25(37-20-6-4-18-16-36-27(35)22(18)13-20)31-10-8-30(9-11-31)24-7-5-19(12-23(24)28)32-15-21(38-26(32)34)14-29-17(2)33/h4-7,12-13,21,25,35H,3,8-11,14-16H2,1-2H3,(H,29,33)/t21-,25?/m0/s1. The van der Waals surface area contributed by atoms with Crippen molar-refractivity contribution in [2.24, 2.45) is 0 Å². The molecule has 1 unspecified atom stereocenters. The number of nitrogens with zero attached hydrogens (tertiary/aromatic N) is 3. The summed E-state index contributed by atoms with van der Waals surface area (Å²) >= 11 is 0. The summed E-state index contributed by atoms with van der Waals surface area (Å²) in [6.07, 6.45) is -0.412. The number of rotatable bonds is 8. The van der Waals surface area contributed by atoms with Crippen LogP contribution in [0.25, 0.3) is 0 Å². The number of amides is 2. The molecule has 2 amide bonds. The van der Waals surface area contributed by atoms with Gasteiger partial charge < -0.3 is 29.4 Å². The van der Waals surface area contributed by atoms with Crippen LogP contribution in [0.2, 0.25) is 0 Å². The van der Waals surface area contributed by atoms with Crippen molar-refractivity contribution >= 4 is 36.0 Å². The van der Waals surface area contributed by atoms with Gasteiger partial charge in [-0.05, 0) is 47.8 Å². The lowest BCUT2D eigenvalue weighted by Crippen LogP contribution is -2.52. The minimum Gasteiger partial charge on any atom is -0.475 e. The van der Waals surface area contributed by atoms with Crippen molar-refractivity contribution in [1.29, 1.82) is 0 Å². The lowest BCUT2D eigenvalue weighted by atomic mass is 9.79. The summed E-state index contributed by atoms with van der Waals surface area (Å²) in [6, 6.07) is 10.4. The largest absolute Gasteiger partial charge is 0.491 e. The average Bonchev–Trinajstić information content (AvgIpc) is 3.48. The van der Waals surface area contributed by atoms with Crippen LogP contribution in [0, 0.1) is 5.82 Å². The fraction of sp³-hybridized carbons (Fsp3) is 0.462. The Morgan fingerprint density at radius 2 is 2.03 bits per heavy atom. The highest BCUT2D eigenvalue weighted by molar-refractivity contribution is 6.61. The number of hydrogen-bond acceptors (Lipinski definition) is 8. The number of carbonyl (C=O) groups is 2. The molecule has 3 heterocycles. The molecule has 2 fully saturated rings. The normalized spacial score (nSPS) is 20.4. The molecular weight excluding hydrogens is 494 g/mol. The molecule has 2 atom stereocenters. The number of halogens is 1. The van der Waals surface area contributed by atoms with Gasteiger partial charge in [-0.25, -0.2) is 9.18 Å². The summed E-state index contributed by atoms with van der Waals surface area (Å²) in [4.78, 5) is 29.0. The van der Waals surface area contributed by atoms with E-state index in [1.165, 1.54) is 17.9 Å². The highest BCUT2D eigenvalue weighted by Gasteiger charge is 2.33. The van der Waals surface area contributed by atoms with Crippen molar-refractivity contribution in [1.82, 2.24) is 10.2 Å². The first kappa shape index (κ1) is 26.3. The molecule has 0 spiro atoms. The van der Waals surface area contributed by atoms with Gasteiger partial charge in [-0.3, -0.25) is 14.6 Å². The minimum atomic E-state index is -0.917. The van der Waals surface area contributed by atoms with Gasteiger partial charge in [-0.15, -0.1) is 0 Å². The summed E-state index contributed by atoms with van der Waals surface area (Å²) in [6.45, 7) is 6.94. The zero-order valence-electron chi connectivity index (χ0n) is 21.6. The zero-order chi connectivity index (χ0) is 26.8. The van der Waals surface area contributed by atoms with E-state index in [-0.39, 0.29) is 25.2 Å². The summed E-state index contributed by atoms with van der Waals surface area (Å²) < 4.78 is 32.0. The molecule has 0 radical (unpaired) electrons. The number of ether oxygens (including phenoxy) is 2. The smallest absolute Gasteiger partial charge is 0.475 e. The maximum atomic E-state index is 15.2. The Bertz CT molecular complexity index is 1190. The van der Waals surface area contributed by atoms with Crippen LogP contribution in [0.1, 0.15) is 25.8 Å². The van der Waals surface area contributed by atoms with E-state index >= 15 is 4.39 Å². The molecule has 2 aromatic rings.